The average Bonchev–Trinajstić information content (AvgIpc) is 3.14. The van der Waals surface area contributed by atoms with E-state index in [0.29, 0.717) is 27.6 Å². The maximum atomic E-state index is 12.9. The first kappa shape index (κ1) is 18.7. The number of ether oxygens (including phenoxy) is 2. The number of rotatable bonds is 7. The van der Waals surface area contributed by atoms with Crippen LogP contribution in [0.4, 0.5) is 4.39 Å². The van der Waals surface area contributed by atoms with Gasteiger partial charge in [0.05, 0.1) is 25.5 Å². The Hall–Kier alpha value is -3.13. The fourth-order valence-corrected chi connectivity index (χ4v) is 2.52. The molecule has 2 aromatic carbocycles. The lowest BCUT2D eigenvalue weighted by Crippen LogP contribution is -1.94. The lowest BCUT2D eigenvalue weighted by Gasteiger charge is -2.09. The molecule has 0 fully saturated rings. The van der Waals surface area contributed by atoms with Crippen molar-refractivity contribution in [3.8, 4) is 23.0 Å². The fourth-order valence-electron chi connectivity index (χ4n) is 2.22. The summed E-state index contributed by atoms with van der Waals surface area (Å²) in [5.41, 5.74) is 1.27. The van der Waals surface area contributed by atoms with Gasteiger partial charge in [0, 0.05) is 11.1 Å². The van der Waals surface area contributed by atoms with E-state index in [4.69, 9.17) is 30.3 Å². The molecule has 0 spiro atoms. The van der Waals surface area contributed by atoms with Crippen molar-refractivity contribution >= 4 is 17.8 Å². The van der Waals surface area contributed by atoms with Gasteiger partial charge in [0.25, 0.3) is 5.89 Å². The zero-order chi connectivity index (χ0) is 19.2. The van der Waals surface area contributed by atoms with Gasteiger partial charge in [0.15, 0.2) is 18.1 Å². The van der Waals surface area contributed by atoms with E-state index in [1.165, 1.54) is 32.6 Å². The van der Waals surface area contributed by atoms with Crippen LogP contribution in [0.15, 0.2) is 46.0 Å². The number of hydrogen-bond acceptors (Lipinski definition) is 7. The maximum Gasteiger partial charge on any atom is 0.257 e. The third-order valence-corrected chi connectivity index (χ3v) is 3.76. The SMILES string of the molecule is COc1cc(/C=N\OCc2nnc(-c3ccc(F)cc3)o2)cc(Cl)c1OC. The van der Waals surface area contributed by atoms with Crippen molar-refractivity contribution in [2.45, 2.75) is 6.61 Å². The minimum atomic E-state index is -0.341. The highest BCUT2D eigenvalue weighted by molar-refractivity contribution is 6.32. The molecule has 0 aliphatic carbocycles. The standard InChI is InChI=1S/C18H15ClFN3O4/c1-24-15-8-11(7-14(19)17(15)25-2)9-21-26-10-16-22-23-18(27-16)12-3-5-13(20)6-4-12/h3-9H,10H2,1-2H3/b21-9-. The molecule has 0 aliphatic rings. The van der Waals surface area contributed by atoms with Crippen LogP contribution in [-0.4, -0.2) is 30.6 Å². The van der Waals surface area contributed by atoms with Gasteiger partial charge in [-0.1, -0.05) is 16.8 Å². The van der Waals surface area contributed by atoms with Crippen LogP contribution in [0.3, 0.4) is 0 Å². The zero-order valence-electron chi connectivity index (χ0n) is 14.5. The van der Waals surface area contributed by atoms with Gasteiger partial charge in [-0.3, -0.25) is 0 Å². The largest absolute Gasteiger partial charge is 0.493 e. The molecule has 0 aliphatic heterocycles. The second-order valence-electron chi connectivity index (χ2n) is 5.25. The Morgan fingerprint density at radius 2 is 1.93 bits per heavy atom. The van der Waals surface area contributed by atoms with Crippen LogP contribution in [-0.2, 0) is 11.4 Å². The number of benzene rings is 2. The van der Waals surface area contributed by atoms with Gasteiger partial charge in [-0.15, -0.1) is 10.2 Å². The predicted octanol–water partition coefficient (Wildman–Crippen LogP) is 4.10. The summed E-state index contributed by atoms with van der Waals surface area (Å²) in [4.78, 5) is 5.16. The Labute approximate surface area is 159 Å². The summed E-state index contributed by atoms with van der Waals surface area (Å²) >= 11 is 6.13. The second-order valence-corrected chi connectivity index (χ2v) is 5.66. The number of halogens is 2. The molecule has 140 valence electrons. The summed E-state index contributed by atoms with van der Waals surface area (Å²) in [6, 6.07) is 9.09. The van der Waals surface area contributed by atoms with E-state index in [2.05, 4.69) is 15.4 Å². The number of hydrogen-bond donors (Lipinski definition) is 0. The molecule has 0 saturated heterocycles. The monoisotopic (exact) mass is 391 g/mol. The topological polar surface area (TPSA) is 79.0 Å². The van der Waals surface area contributed by atoms with Gasteiger partial charge in [-0.25, -0.2) is 4.39 Å². The van der Waals surface area contributed by atoms with Gasteiger partial charge in [0.1, 0.15) is 5.82 Å². The van der Waals surface area contributed by atoms with Crippen LogP contribution in [0.2, 0.25) is 5.02 Å². The molecule has 1 aromatic heterocycles. The molecule has 0 unspecified atom stereocenters. The summed E-state index contributed by atoms with van der Waals surface area (Å²) in [5, 5.41) is 12.0. The molecule has 0 bridgehead atoms. The third kappa shape index (κ3) is 4.53. The van der Waals surface area contributed by atoms with Crippen molar-refractivity contribution in [2.75, 3.05) is 14.2 Å². The van der Waals surface area contributed by atoms with Crippen molar-refractivity contribution in [2.24, 2.45) is 5.16 Å². The van der Waals surface area contributed by atoms with E-state index in [0.717, 1.165) is 0 Å². The molecule has 3 aromatic rings. The first-order chi connectivity index (χ1) is 13.1. The minimum absolute atomic E-state index is 0.0221. The van der Waals surface area contributed by atoms with Gasteiger partial charge in [-0.05, 0) is 36.4 Å². The molecular weight excluding hydrogens is 377 g/mol. The van der Waals surface area contributed by atoms with Crippen molar-refractivity contribution in [1.82, 2.24) is 10.2 Å². The Balaban J connectivity index is 1.62. The van der Waals surface area contributed by atoms with E-state index in [-0.39, 0.29) is 24.2 Å². The lowest BCUT2D eigenvalue weighted by atomic mass is 10.2. The van der Waals surface area contributed by atoms with Gasteiger partial charge in [-0.2, -0.15) is 0 Å². The summed E-state index contributed by atoms with van der Waals surface area (Å²) in [6.45, 7) is -0.0221. The predicted molar refractivity (Wildman–Crippen MR) is 96.6 cm³/mol. The Kier molecular flexibility index (Phi) is 5.87. The van der Waals surface area contributed by atoms with E-state index in [9.17, 15) is 4.39 Å². The molecule has 0 radical (unpaired) electrons. The number of oxime groups is 1. The molecule has 3 rings (SSSR count). The second kappa shape index (κ2) is 8.50. The van der Waals surface area contributed by atoms with E-state index in [1.807, 2.05) is 0 Å². The molecule has 27 heavy (non-hydrogen) atoms. The third-order valence-electron chi connectivity index (χ3n) is 3.48. The quantitative estimate of drug-likeness (QED) is 0.445. The van der Waals surface area contributed by atoms with Crippen molar-refractivity contribution in [3.05, 3.63) is 58.7 Å². The maximum absolute atomic E-state index is 12.9. The normalized spacial score (nSPS) is 11.0. The van der Waals surface area contributed by atoms with Crippen LogP contribution in [0.5, 0.6) is 11.5 Å². The Morgan fingerprint density at radius 3 is 2.63 bits per heavy atom. The smallest absolute Gasteiger partial charge is 0.257 e. The molecule has 9 heteroatoms. The van der Waals surface area contributed by atoms with Crippen molar-refractivity contribution in [1.29, 1.82) is 0 Å². The molecule has 7 nitrogen and oxygen atoms in total. The molecular formula is C18H15ClFN3O4. The van der Waals surface area contributed by atoms with Gasteiger partial charge in [0.2, 0.25) is 5.89 Å². The summed E-state index contributed by atoms with van der Waals surface area (Å²) in [6.07, 6.45) is 1.46. The number of aromatic nitrogens is 2. The minimum Gasteiger partial charge on any atom is -0.493 e. The first-order valence-electron chi connectivity index (χ1n) is 7.76. The van der Waals surface area contributed by atoms with Crippen LogP contribution in [0, 0.1) is 5.82 Å². The molecule has 0 atom stereocenters. The highest BCUT2D eigenvalue weighted by Gasteiger charge is 2.11. The summed E-state index contributed by atoms with van der Waals surface area (Å²) in [7, 11) is 3.02. The number of nitrogens with zero attached hydrogens (tertiary/aromatic N) is 3. The highest BCUT2D eigenvalue weighted by atomic mass is 35.5. The summed E-state index contributed by atoms with van der Waals surface area (Å²) < 4.78 is 28.8. The summed E-state index contributed by atoms with van der Waals surface area (Å²) in [5.74, 6) is 1.08. The van der Waals surface area contributed by atoms with Crippen LogP contribution in [0.25, 0.3) is 11.5 Å². The van der Waals surface area contributed by atoms with Gasteiger partial charge >= 0.3 is 0 Å². The molecule has 0 N–H and O–H groups in total. The van der Waals surface area contributed by atoms with Crippen molar-refractivity contribution < 1.29 is 23.1 Å². The highest BCUT2D eigenvalue weighted by Crippen LogP contribution is 2.35. The van der Waals surface area contributed by atoms with Crippen LogP contribution in [0.1, 0.15) is 11.5 Å². The number of methoxy groups -OCH3 is 2. The van der Waals surface area contributed by atoms with Crippen LogP contribution >= 0.6 is 11.6 Å². The van der Waals surface area contributed by atoms with E-state index < -0.39 is 0 Å². The Morgan fingerprint density at radius 1 is 1.15 bits per heavy atom. The van der Waals surface area contributed by atoms with E-state index in [1.54, 1.807) is 24.3 Å². The fraction of sp³-hybridized carbons (Fsp3) is 0.167. The van der Waals surface area contributed by atoms with E-state index >= 15 is 0 Å². The zero-order valence-corrected chi connectivity index (χ0v) is 15.2. The molecule has 0 saturated carbocycles. The van der Waals surface area contributed by atoms with Crippen molar-refractivity contribution in [3.63, 3.8) is 0 Å². The van der Waals surface area contributed by atoms with Crippen LogP contribution < -0.4 is 9.47 Å². The molecule has 0 amide bonds. The van der Waals surface area contributed by atoms with Gasteiger partial charge < -0.3 is 18.7 Å². The Bertz CT molecular complexity index is 944. The lowest BCUT2D eigenvalue weighted by molar-refractivity contribution is 0.112. The average molecular weight is 392 g/mol. The molecule has 1 heterocycles. The first-order valence-corrected chi connectivity index (χ1v) is 8.13.